The van der Waals surface area contributed by atoms with Crippen molar-refractivity contribution in [1.82, 2.24) is 4.98 Å². The first-order valence-electron chi connectivity index (χ1n) is 5.30. The number of nitrogens with zero attached hydrogens (tertiary/aromatic N) is 1. The summed E-state index contributed by atoms with van der Waals surface area (Å²) in [6.07, 6.45) is 4.41. The van der Waals surface area contributed by atoms with Crippen LogP contribution in [-0.2, 0) is 5.41 Å². The summed E-state index contributed by atoms with van der Waals surface area (Å²) in [4.78, 5) is 4.12. The van der Waals surface area contributed by atoms with Crippen LogP contribution in [0.4, 0.5) is 0 Å². The molecule has 0 atom stereocenters. The second kappa shape index (κ2) is 3.67. The summed E-state index contributed by atoms with van der Waals surface area (Å²) in [5.41, 5.74) is 0.980. The van der Waals surface area contributed by atoms with E-state index in [9.17, 15) is 0 Å². The predicted molar refractivity (Wildman–Crippen MR) is 61.6 cm³/mol. The van der Waals surface area contributed by atoms with E-state index < -0.39 is 0 Å². The zero-order valence-electron chi connectivity index (χ0n) is 9.38. The van der Waals surface area contributed by atoms with Gasteiger partial charge in [-0.05, 0) is 24.3 Å². The molecule has 0 N–H and O–H groups in total. The molecule has 0 aromatic carbocycles. The smallest absolute Gasteiger partial charge is 0.136 e. The third-order valence-corrected chi connectivity index (χ3v) is 2.72. The zero-order chi connectivity index (χ0) is 11.1. The molecule has 1 aromatic heterocycles. The van der Waals surface area contributed by atoms with Gasteiger partial charge >= 0.3 is 0 Å². The summed E-state index contributed by atoms with van der Waals surface area (Å²) >= 11 is 6.13. The topological polar surface area (TPSA) is 22.1 Å². The lowest BCUT2D eigenvalue weighted by atomic mass is 9.87. The van der Waals surface area contributed by atoms with Gasteiger partial charge in [-0.15, -0.1) is 0 Å². The van der Waals surface area contributed by atoms with E-state index in [0.717, 1.165) is 24.2 Å². The monoisotopic (exact) mass is 225 g/mol. The van der Waals surface area contributed by atoms with Crippen molar-refractivity contribution >= 4 is 11.6 Å². The standard InChI is InChI=1S/C12H16ClNO/c1-12(2,3)10-9(15-8-4-5-8)6-7-14-11(10)13/h6-8H,4-5H2,1-3H3. The molecular formula is C12H16ClNO. The molecule has 3 heteroatoms. The Bertz CT molecular complexity index is 366. The molecule has 2 nitrogen and oxygen atoms in total. The number of aromatic nitrogens is 1. The first-order valence-corrected chi connectivity index (χ1v) is 5.68. The van der Waals surface area contributed by atoms with E-state index in [1.807, 2.05) is 6.07 Å². The van der Waals surface area contributed by atoms with E-state index in [0.29, 0.717) is 11.3 Å². The normalized spacial score (nSPS) is 16.5. The van der Waals surface area contributed by atoms with E-state index in [-0.39, 0.29) is 5.41 Å². The van der Waals surface area contributed by atoms with Gasteiger partial charge in [0.1, 0.15) is 10.9 Å². The second-order valence-corrected chi connectivity index (χ2v) is 5.40. The van der Waals surface area contributed by atoms with E-state index in [4.69, 9.17) is 16.3 Å². The molecule has 0 bridgehead atoms. The summed E-state index contributed by atoms with van der Waals surface area (Å²) in [6.45, 7) is 6.36. The molecule has 82 valence electrons. The summed E-state index contributed by atoms with van der Waals surface area (Å²) in [5, 5.41) is 0.556. The van der Waals surface area contributed by atoms with Crippen LogP contribution in [0.5, 0.6) is 5.75 Å². The quantitative estimate of drug-likeness (QED) is 0.718. The number of pyridine rings is 1. The van der Waals surface area contributed by atoms with Crippen molar-refractivity contribution < 1.29 is 4.74 Å². The largest absolute Gasteiger partial charge is 0.490 e. The predicted octanol–water partition coefficient (Wildman–Crippen LogP) is 3.57. The van der Waals surface area contributed by atoms with Crippen LogP contribution in [0.15, 0.2) is 12.3 Å². The maximum absolute atomic E-state index is 6.13. The Morgan fingerprint density at radius 1 is 1.40 bits per heavy atom. The Balaban J connectivity index is 2.38. The van der Waals surface area contributed by atoms with Gasteiger partial charge in [0.05, 0.1) is 6.10 Å². The first-order chi connectivity index (χ1) is 6.98. The van der Waals surface area contributed by atoms with Gasteiger partial charge in [-0.2, -0.15) is 0 Å². The number of hydrogen-bond donors (Lipinski definition) is 0. The molecule has 15 heavy (non-hydrogen) atoms. The third kappa shape index (κ3) is 2.43. The average molecular weight is 226 g/mol. The minimum atomic E-state index is -0.0322. The zero-order valence-corrected chi connectivity index (χ0v) is 10.1. The Hall–Kier alpha value is -0.760. The molecule has 1 fully saturated rings. The van der Waals surface area contributed by atoms with Crippen molar-refractivity contribution in [2.45, 2.75) is 45.1 Å². The molecule has 1 aliphatic carbocycles. The molecule has 1 aliphatic rings. The highest BCUT2D eigenvalue weighted by molar-refractivity contribution is 6.30. The van der Waals surface area contributed by atoms with Crippen LogP contribution in [0.2, 0.25) is 5.15 Å². The maximum Gasteiger partial charge on any atom is 0.136 e. The molecule has 0 saturated heterocycles. The summed E-state index contributed by atoms with van der Waals surface area (Å²) in [6, 6.07) is 1.91. The van der Waals surface area contributed by atoms with Crippen molar-refractivity contribution in [3.05, 3.63) is 23.0 Å². The Kier molecular flexibility index (Phi) is 2.63. The number of rotatable bonds is 2. The maximum atomic E-state index is 6.13. The minimum Gasteiger partial charge on any atom is -0.490 e. The summed E-state index contributed by atoms with van der Waals surface area (Å²) < 4.78 is 5.84. The molecular weight excluding hydrogens is 210 g/mol. The van der Waals surface area contributed by atoms with E-state index >= 15 is 0 Å². The van der Waals surface area contributed by atoms with Gasteiger partial charge in [-0.25, -0.2) is 4.98 Å². The molecule has 0 radical (unpaired) electrons. The van der Waals surface area contributed by atoms with Crippen molar-refractivity contribution in [1.29, 1.82) is 0 Å². The van der Waals surface area contributed by atoms with Gasteiger partial charge in [0.25, 0.3) is 0 Å². The van der Waals surface area contributed by atoms with E-state index in [1.165, 1.54) is 0 Å². The third-order valence-electron chi connectivity index (χ3n) is 2.43. The van der Waals surface area contributed by atoms with Crippen LogP contribution in [0.25, 0.3) is 0 Å². The van der Waals surface area contributed by atoms with Gasteiger partial charge in [-0.3, -0.25) is 0 Å². The van der Waals surface area contributed by atoms with Crippen molar-refractivity contribution in [2.75, 3.05) is 0 Å². The van der Waals surface area contributed by atoms with E-state index in [2.05, 4.69) is 25.8 Å². The molecule has 2 rings (SSSR count). The first kappa shape index (κ1) is 10.7. The average Bonchev–Trinajstić information content (AvgIpc) is 2.85. The van der Waals surface area contributed by atoms with Gasteiger partial charge in [0.15, 0.2) is 0 Å². The lowest BCUT2D eigenvalue weighted by Gasteiger charge is -2.23. The second-order valence-electron chi connectivity index (χ2n) is 5.04. The minimum absolute atomic E-state index is 0.0322. The van der Waals surface area contributed by atoms with Gasteiger partial charge < -0.3 is 4.74 Å². The molecule has 0 unspecified atom stereocenters. The lowest BCUT2D eigenvalue weighted by molar-refractivity contribution is 0.294. The van der Waals surface area contributed by atoms with Crippen molar-refractivity contribution in [3.8, 4) is 5.75 Å². The van der Waals surface area contributed by atoms with Gasteiger partial charge in [-0.1, -0.05) is 32.4 Å². The van der Waals surface area contributed by atoms with Crippen LogP contribution in [0.1, 0.15) is 39.2 Å². The fraction of sp³-hybridized carbons (Fsp3) is 0.583. The van der Waals surface area contributed by atoms with Gasteiger partial charge in [0.2, 0.25) is 0 Å². The lowest BCUT2D eigenvalue weighted by Crippen LogP contribution is -2.15. The number of halogens is 1. The fourth-order valence-corrected chi connectivity index (χ4v) is 2.00. The van der Waals surface area contributed by atoms with Crippen molar-refractivity contribution in [2.24, 2.45) is 0 Å². The highest BCUT2D eigenvalue weighted by Crippen LogP contribution is 2.38. The molecule has 0 amide bonds. The SMILES string of the molecule is CC(C)(C)c1c(OC2CC2)ccnc1Cl. The fourth-order valence-electron chi connectivity index (χ4n) is 1.56. The number of hydrogen-bond acceptors (Lipinski definition) is 2. The van der Waals surface area contributed by atoms with Crippen LogP contribution in [0, 0.1) is 0 Å². The molecule has 0 aliphatic heterocycles. The van der Waals surface area contributed by atoms with Crippen molar-refractivity contribution in [3.63, 3.8) is 0 Å². The van der Waals surface area contributed by atoms with Crippen LogP contribution in [-0.4, -0.2) is 11.1 Å². The molecule has 1 heterocycles. The van der Waals surface area contributed by atoms with Gasteiger partial charge in [0, 0.05) is 11.8 Å². The Morgan fingerprint density at radius 3 is 2.60 bits per heavy atom. The number of ether oxygens (including phenoxy) is 1. The Morgan fingerprint density at radius 2 is 2.07 bits per heavy atom. The highest BCUT2D eigenvalue weighted by Gasteiger charge is 2.28. The highest BCUT2D eigenvalue weighted by atomic mass is 35.5. The molecule has 1 saturated carbocycles. The summed E-state index contributed by atoms with van der Waals surface area (Å²) in [5.74, 6) is 0.894. The van der Waals surface area contributed by atoms with Crippen LogP contribution >= 0.6 is 11.6 Å². The molecule has 1 aromatic rings. The summed E-state index contributed by atoms with van der Waals surface area (Å²) in [7, 11) is 0. The van der Waals surface area contributed by atoms with E-state index in [1.54, 1.807) is 6.20 Å². The van der Waals surface area contributed by atoms with Crippen LogP contribution < -0.4 is 4.74 Å². The Labute approximate surface area is 95.6 Å². The molecule has 0 spiro atoms. The van der Waals surface area contributed by atoms with Crippen LogP contribution in [0.3, 0.4) is 0 Å².